The molecule has 1 atom stereocenters. The molecule has 4 aromatic heterocycles. The van der Waals surface area contributed by atoms with Crippen molar-refractivity contribution in [2.75, 3.05) is 18.9 Å². The number of ether oxygens (including phenoxy) is 1. The number of aryl methyl sites for hydroxylation is 1. The highest BCUT2D eigenvalue weighted by atomic mass is 32.2. The van der Waals surface area contributed by atoms with E-state index >= 15 is 0 Å². The fraction of sp³-hybridized carbons (Fsp3) is 0.269. The van der Waals surface area contributed by atoms with E-state index in [0.717, 1.165) is 57.2 Å². The van der Waals surface area contributed by atoms with Gasteiger partial charge in [0.1, 0.15) is 28.1 Å². The highest BCUT2D eigenvalue weighted by Crippen LogP contribution is 2.46. The van der Waals surface area contributed by atoms with Crippen LogP contribution in [0.1, 0.15) is 19.3 Å². The van der Waals surface area contributed by atoms with Crippen LogP contribution in [-0.4, -0.2) is 47.9 Å². The maximum absolute atomic E-state index is 13.3. The Balaban J connectivity index is 1.51. The lowest BCUT2D eigenvalue weighted by atomic mass is 10.00. The molecule has 10 heteroatoms. The molecule has 6 rings (SSSR count). The van der Waals surface area contributed by atoms with Crippen LogP contribution in [-0.2, 0) is 18.2 Å². The molecular formula is C26H25N5O3S2. The fourth-order valence-corrected chi connectivity index (χ4v) is 7.64. The first-order valence-corrected chi connectivity index (χ1v) is 13.8. The summed E-state index contributed by atoms with van der Waals surface area (Å²) in [6, 6.07) is 11.7. The zero-order chi connectivity index (χ0) is 24.8. The molecule has 5 aromatic rings. The number of thiophene rings is 1. The lowest BCUT2D eigenvalue weighted by Gasteiger charge is -2.27. The van der Waals surface area contributed by atoms with Crippen LogP contribution in [0.25, 0.3) is 43.6 Å². The first-order chi connectivity index (χ1) is 17.5. The average molecular weight is 520 g/mol. The largest absolute Gasteiger partial charge is 0.611 e. The first kappa shape index (κ1) is 23.2. The van der Waals surface area contributed by atoms with Crippen LogP contribution in [0.4, 0.5) is 5.69 Å². The van der Waals surface area contributed by atoms with Crippen LogP contribution in [0, 0.1) is 0 Å². The average Bonchev–Trinajstić information content (AvgIpc) is 3.39. The molecular weight excluding hydrogens is 494 g/mol. The molecule has 3 N–H and O–H groups in total. The number of nitrogen functional groups attached to an aromatic ring is 1. The third-order valence-electron chi connectivity index (χ3n) is 6.50. The van der Waals surface area contributed by atoms with E-state index in [0.29, 0.717) is 21.3 Å². The molecule has 0 bridgehead atoms. The van der Waals surface area contributed by atoms with E-state index in [1.807, 2.05) is 49.6 Å². The molecule has 8 nitrogen and oxygen atoms in total. The van der Waals surface area contributed by atoms with Crippen molar-refractivity contribution in [1.82, 2.24) is 19.7 Å². The number of hydrogen-bond acceptors (Lipinski definition) is 8. The lowest BCUT2D eigenvalue weighted by Crippen LogP contribution is -2.28. The van der Waals surface area contributed by atoms with Gasteiger partial charge in [-0.1, -0.05) is 23.5 Å². The summed E-state index contributed by atoms with van der Waals surface area (Å²) in [5.74, 6) is 0.676. The van der Waals surface area contributed by atoms with Gasteiger partial charge < -0.3 is 20.1 Å². The van der Waals surface area contributed by atoms with Gasteiger partial charge in [-0.3, -0.25) is 4.68 Å². The zero-order valence-electron chi connectivity index (χ0n) is 19.7. The zero-order valence-corrected chi connectivity index (χ0v) is 21.3. The number of hydrogen-bond donors (Lipinski definition) is 2. The Morgan fingerprint density at radius 1 is 1.22 bits per heavy atom. The predicted molar refractivity (Wildman–Crippen MR) is 144 cm³/mol. The van der Waals surface area contributed by atoms with Gasteiger partial charge in [0.05, 0.1) is 12.3 Å². The van der Waals surface area contributed by atoms with Crippen LogP contribution < -0.4 is 10.5 Å². The number of fused-ring (bicyclic) bond motifs is 2. The van der Waals surface area contributed by atoms with Crippen molar-refractivity contribution in [3.8, 4) is 28.1 Å². The van der Waals surface area contributed by atoms with Gasteiger partial charge in [-0.25, -0.2) is 9.97 Å². The van der Waals surface area contributed by atoms with Gasteiger partial charge in [-0.15, -0.1) is 0 Å². The predicted octanol–water partition coefficient (Wildman–Crippen LogP) is 4.53. The maximum atomic E-state index is 13.3. The minimum Gasteiger partial charge on any atom is -0.611 e. The normalized spacial score (nSPS) is 14.9. The maximum Gasteiger partial charge on any atom is 0.232 e. The second-order valence-electron chi connectivity index (χ2n) is 8.92. The van der Waals surface area contributed by atoms with Crippen molar-refractivity contribution in [1.29, 1.82) is 0 Å². The van der Waals surface area contributed by atoms with Gasteiger partial charge in [-0.05, 0) is 54.7 Å². The summed E-state index contributed by atoms with van der Waals surface area (Å²) in [5, 5.41) is 15.3. The number of pyridine rings is 2. The molecule has 1 aliphatic carbocycles. The van der Waals surface area contributed by atoms with Crippen LogP contribution in [0.2, 0.25) is 0 Å². The summed E-state index contributed by atoms with van der Waals surface area (Å²) in [6.07, 6.45) is 6.77. The summed E-state index contributed by atoms with van der Waals surface area (Å²) >= 11 is 0.285. The number of nitrogens with two attached hydrogens (primary N) is 1. The van der Waals surface area contributed by atoms with Crippen LogP contribution >= 0.6 is 11.3 Å². The first-order valence-electron chi connectivity index (χ1n) is 11.8. The van der Waals surface area contributed by atoms with Gasteiger partial charge in [0.2, 0.25) is 4.21 Å². The molecule has 1 saturated carbocycles. The Bertz CT molecular complexity index is 1560. The summed E-state index contributed by atoms with van der Waals surface area (Å²) in [5.41, 5.74) is 11.4. The van der Waals surface area contributed by atoms with Crippen molar-refractivity contribution in [3.63, 3.8) is 0 Å². The van der Waals surface area contributed by atoms with Gasteiger partial charge in [0.25, 0.3) is 0 Å². The number of nitrogens with zero attached hydrogens (tertiary/aromatic N) is 4. The smallest absolute Gasteiger partial charge is 0.232 e. The fourth-order valence-electron chi connectivity index (χ4n) is 4.43. The molecule has 0 radical (unpaired) electrons. The molecule has 1 aromatic carbocycles. The van der Waals surface area contributed by atoms with E-state index in [4.69, 9.17) is 20.6 Å². The Morgan fingerprint density at radius 2 is 2.03 bits per heavy atom. The Labute approximate surface area is 214 Å². The number of aromatic nitrogens is 4. The van der Waals surface area contributed by atoms with Crippen molar-refractivity contribution in [3.05, 3.63) is 48.8 Å². The van der Waals surface area contributed by atoms with E-state index in [2.05, 4.69) is 10.1 Å². The topological polar surface area (TPSA) is 122 Å². The monoisotopic (exact) mass is 519 g/mol. The van der Waals surface area contributed by atoms with Gasteiger partial charge in [0.15, 0.2) is 5.65 Å². The number of aliphatic hydroxyl groups excluding tert-OH is 1. The molecule has 184 valence electrons. The van der Waals surface area contributed by atoms with Crippen LogP contribution in [0.5, 0.6) is 5.75 Å². The number of aliphatic hydroxyl groups is 1. The lowest BCUT2D eigenvalue weighted by molar-refractivity contribution is 0.201. The Morgan fingerprint density at radius 3 is 2.75 bits per heavy atom. The summed E-state index contributed by atoms with van der Waals surface area (Å²) in [7, 11) is 1.87. The van der Waals surface area contributed by atoms with Crippen LogP contribution in [0.15, 0.2) is 53.0 Å². The third-order valence-corrected chi connectivity index (χ3v) is 9.80. The molecule has 1 aliphatic rings. The summed E-state index contributed by atoms with van der Waals surface area (Å²) in [6.45, 7) is 0.193. The molecule has 0 saturated heterocycles. The van der Waals surface area contributed by atoms with E-state index < -0.39 is 11.2 Å². The molecule has 0 spiro atoms. The highest BCUT2D eigenvalue weighted by Gasteiger charge is 2.35. The van der Waals surface area contributed by atoms with Gasteiger partial charge >= 0.3 is 0 Å². The minimum atomic E-state index is -1.14. The molecule has 0 aliphatic heterocycles. The molecule has 1 fully saturated rings. The van der Waals surface area contributed by atoms with Gasteiger partial charge in [0, 0.05) is 47.0 Å². The standard InChI is InChI=1S/C26H25N5O3S2/c1-31-14-17-11-16(13-28-24(17)30-31)21-12-20(15-5-7-18(8-6-15)34-10-9-32)22-23(27)26(35-25(22)29-21)36(33)19-3-2-4-19/h5-8,11-14,19,32H,2-4,9-10,27H2,1H3/t36-/m0/s1. The SMILES string of the molecule is Cn1cc2cc(-c3cc(-c4ccc(OCCO)cc4)c4c(N)c([S@@+]([O-])C5CCC5)sc4n3)cnc2n1. The van der Waals surface area contributed by atoms with Crippen molar-refractivity contribution in [2.45, 2.75) is 28.7 Å². The number of benzene rings is 1. The summed E-state index contributed by atoms with van der Waals surface area (Å²) in [4.78, 5) is 10.2. The number of rotatable bonds is 7. The molecule has 36 heavy (non-hydrogen) atoms. The minimum absolute atomic E-state index is 0.0439. The quantitative estimate of drug-likeness (QED) is 0.303. The third kappa shape index (κ3) is 4.09. The summed E-state index contributed by atoms with van der Waals surface area (Å²) < 4.78 is 21.3. The van der Waals surface area contributed by atoms with Crippen molar-refractivity contribution < 1.29 is 14.4 Å². The molecule has 0 amide bonds. The van der Waals surface area contributed by atoms with Gasteiger partial charge in [-0.2, -0.15) is 5.10 Å². The highest BCUT2D eigenvalue weighted by molar-refractivity contribution is 7.94. The molecule has 0 unspecified atom stereocenters. The van der Waals surface area contributed by atoms with E-state index in [9.17, 15) is 4.55 Å². The van der Waals surface area contributed by atoms with Crippen LogP contribution in [0.3, 0.4) is 0 Å². The van der Waals surface area contributed by atoms with E-state index in [1.165, 1.54) is 11.3 Å². The van der Waals surface area contributed by atoms with Crippen molar-refractivity contribution in [2.24, 2.45) is 7.05 Å². The second-order valence-corrected chi connectivity index (χ2v) is 11.9. The van der Waals surface area contributed by atoms with Crippen molar-refractivity contribution >= 4 is 49.5 Å². The number of anilines is 1. The Kier molecular flexibility index (Phi) is 6.04. The van der Waals surface area contributed by atoms with E-state index in [1.54, 1.807) is 10.9 Å². The molecule has 4 heterocycles. The Hall–Kier alpha value is -3.18. The second kappa shape index (κ2) is 9.36. The van der Waals surface area contributed by atoms with E-state index in [-0.39, 0.29) is 18.5 Å².